The number of hydrogen-bond acceptors (Lipinski definition) is 3. The molecule has 0 aromatic heterocycles. The molecule has 0 radical (unpaired) electrons. The first kappa shape index (κ1) is 26.0. The highest BCUT2D eigenvalue weighted by Gasteiger charge is 2.45. The van der Waals surface area contributed by atoms with Crippen molar-refractivity contribution in [1.29, 1.82) is 0 Å². The number of rotatable bonds is 6. The van der Waals surface area contributed by atoms with Gasteiger partial charge in [-0.15, -0.1) is 0 Å². The minimum atomic E-state index is -1.02. The number of nitrogens with one attached hydrogen (secondary N) is 2. The van der Waals surface area contributed by atoms with E-state index in [9.17, 15) is 22.8 Å². The van der Waals surface area contributed by atoms with Gasteiger partial charge in [0.05, 0.1) is 6.04 Å². The second-order valence-electron chi connectivity index (χ2n) is 10.3. The molecule has 4 rings (SSSR count). The van der Waals surface area contributed by atoms with Crippen LogP contribution in [0.2, 0.25) is 0 Å². The second-order valence-corrected chi connectivity index (χ2v) is 10.3. The van der Waals surface area contributed by atoms with E-state index in [2.05, 4.69) is 15.5 Å². The number of imide groups is 1. The van der Waals surface area contributed by atoms with Gasteiger partial charge in [-0.05, 0) is 80.2 Å². The van der Waals surface area contributed by atoms with Crippen LogP contribution in [0.1, 0.15) is 56.2 Å². The summed E-state index contributed by atoms with van der Waals surface area (Å²) in [7, 11) is 0. The Morgan fingerprint density at radius 3 is 2.36 bits per heavy atom. The highest BCUT2D eigenvalue weighted by atomic mass is 19.2. The van der Waals surface area contributed by atoms with E-state index in [1.807, 2.05) is 26.0 Å². The predicted octanol–water partition coefficient (Wildman–Crippen LogP) is 5.18. The van der Waals surface area contributed by atoms with Crippen LogP contribution >= 0.6 is 0 Å². The summed E-state index contributed by atoms with van der Waals surface area (Å²) in [5.41, 5.74) is 0.944. The first-order valence-electron chi connectivity index (χ1n) is 12.4. The maximum absolute atomic E-state index is 14.0. The van der Waals surface area contributed by atoms with E-state index in [1.165, 1.54) is 23.8 Å². The monoisotopic (exact) mass is 502 g/mol. The fourth-order valence-electron chi connectivity index (χ4n) is 5.25. The van der Waals surface area contributed by atoms with Crippen LogP contribution in [0.25, 0.3) is 0 Å². The van der Waals surface area contributed by atoms with Crippen LogP contribution in [-0.2, 0) is 0 Å². The molecule has 0 aliphatic carbocycles. The van der Waals surface area contributed by atoms with Crippen molar-refractivity contribution in [2.45, 2.75) is 45.1 Å². The van der Waals surface area contributed by atoms with E-state index < -0.39 is 35.2 Å². The summed E-state index contributed by atoms with van der Waals surface area (Å²) in [5, 5.41) is 5.54. The van der Waals surface area contributed by atoms with Gasteiger partial charge in [0, 0.05) is 18.5 Å². The van der Waals surface area contributed by atoms with Crippen molar-refractivity contribution < 1.29 is 22.8 Å². The van der Waals surface area contributed by atoms with Crippen LogP contribution in [0.3, 0.4) is 0 Å². The van der Waals surface area contributed by atoms with Crippen LogP contribution in [0, 0.1) is 22.9 Å². The van der Waals surface area contributed by atoms with Crippen LogP contribution in [0.4, 0.5) is 22.8 Å². The van der Waals surface area contributed by atoms with Crippen LogP contribution in [-0.4, -0.2) is 54.6 Å². The third kappa shape index (κ3) is 5.83. The number of urea groups is 2. The molecule has 2 aromatic rings. The van der Waals surface area contributed by atoms with Gasteiger partial charge in [0.1, 0.15) is 5.82 Å². The minimum absolute atomic E-state index is 0.222. The lowest BCUT2D eigenvalue weighted by atomic mass is 9.78. The molecular formula is C27H33F3N4O2. The Kier molecular flexibility index (Phi) is 7.88. The molecule has 0 saturated carbocycles. The molecule has 2 fully saturated rings. The Hall–Kier alpha value is -3.07. The number of carbonyl (C=O) groups excluding carboxylic acids is 2. The maximum atomic E-state index is 14.0. The summed E-state index contributed by atoms with van der Waals surface area (Å²) in [6.45, 7) is 7.08. The average molecular weight is 503 g/mol. The van der Waals surface area contributed by atoms with Gasteiger partial charge in [0.15, 0.2) is 11.6 Å². The summed E-state index contributed by atoms with van der Waals surface area (Å²) in [6, 6.07) is 8.34. The zero-order valence-electron chi connectivity index (χ0n) is 20.7. The van der Waals surface area contributed by atoms with Crippen LogP contribution in [0.15, 0.2) is 42.5 Å². The normalized spacial score (nSPS) is 20.8. The second kappa shape index (κ2) is 10.9. The Labute approximate surface area is 209 Å². The lowest BCUT2D eigenvalue weighted by Gasteiger charge is -2.45. The van der Waals surface area contributed by atoms with Gasteiger partial charge in [-0.1, -0.05) is 32.0 Å². The van der Waals surface area contributed by atoms with E-state index in [0.29, 0.717) is 31.0 Å². The summed E-state index contributed by atoms with van der Waals surface area (Å²) in [4.78, 5) is 29.1. The zero-order valence-corrected chi connectivity index (χ0v) is 20.7. The average Bonchev–Trinajstić information content (AvgIpc) is 2.85. The van der Waals surface area contributed by atoms with Gasteiger partial charge in [-0.25, -0.2) is 27.7 Å². The molecule has 6 nitrogen and oxygen atoms in total. The minimum Gasteiger partial charge on any atom is -0.338 e. The molecule has 2 aliphatic rings. The number of nitrogens with zero attached hydrogens (tertiary/aromatic N) is 2. The molecule has 36 heavy (non-hydrogen) atoms. The molecule has 1 atom stereocenters. The number of likely N-dealkylation sites (tertiary alicyclic amines) is 1. The smallest absolute Gasteiger partial charge is 0.326 e. The lowest BCUT2D eigenvalue weighted by molar-refractivity contribution is 0.0922. The van der Waals surface area contributed by atoms with Crippen molar-refractivity contribution in [3.05, 3.63) is 71.0 Å². The number of benzene rings is 2. The summed E-state index contributed by atoms with van der Waals surface area (Å²) in [6.07, 6.45) is 2.70. The van der Waals surface area contributed by atoms with E-state index in [1.54, 1.807) is 0 Å². The van der Waals surface area contributed by atoms with Crippen LogP contribution in [0.5, 0.6) is 0 Å². The number of halogens is 3. The molecule has 0 spiro atoms. The summed E-state index contributed by atoms with van der Waals surface area (Å²) in [5.74, 6) is -1.79. The molecule has 194 valence electrons. The van der Waals surface area contributed by atoms with Crippen molar-refractivity contribution in [2.24, 2.45) is 5.41 Å². The van der Waals surface area contributed by atoms with Crippen molar-refractivity contribution in [1.82, 2.24) is 20.4 Å². The fourth-order valence-corrected chi connectivity index (χ4v) is 5.25. The van der Waals surface area contributed by atoms with Gasteiger partial charge in [-0.3, -0.25) is 0 Å². The molecular weight excluding hydrogens is 469 g/mol. The highest BCUT2D eigenvalue weighted by molar-refractivity contribution is 5.94. The fraction of sp³-hybridized carbons (Fsp3) is 0.481. The van der Waals surface area contributed by atoms with Crippen molar-refractivity contribution in [3.63, 3.8) is 0 Å². The first-order valence-corrected chi connectivity index (χ1v) is 12.4. The topological polar surface area (TPSA) is 64.7 Å². The van der Waals surface area contributed by atoms with Crippen molar-refractivity contribution in [3.8, 4) is 0 Å². The summed E-state index contributed by atoms with van der Waals surface area (Å²) >= 11 is 0. The molecule has 2 aliphatic heterocycles. The third-order valence-corrected chi connectivity index (χ3v) is 7.25. The third-order valence-electron chi connectivity index (χ3n) is 7.25. The highest BCUT2D eigenvalue weighted by Crippen LogP contribution is 2.41. The van der Waals surface area contributed by atoms with Gasteiger partial charge >= 0.3 is 12.1 Å². The number of hydrogen-bond donors (Lipinski definition) is 2. The molecule has 0 unspecified atom stereocenters. The largest absolute Gasteiger partial charge is 0.338 e. The Balaban J connectivity index is 1.30. The first-order chi connectivity index (χ1) is 17.2. The zero-order chi connectivity index (χ0) is 25.9. The van der Waals surface area contributed by atoms with Crippen molar-refractivity contribution in [2.75, 3.05) is 32.7 Å². The Morgan fingerprint density at radius 2 is 1.69 bits per heavy atom. The molecule has 2 saturated heterocycles. The SMILES string of the molecule is CC1(C)CNC(=O)N(C(=O)NCCCN2CCC(c3ccc(F)cc3)CC2)[C@@H]1c1ccc(F)c(F)c1. The molecule has 2 N–H and O–H groups in total. The molecule has 0 bridgehead atoms. The maximum Gasteiger partial charge on any atom is 0.326 e. The van der Waals surface area contributed by atoms with Gasteiger partial charge in [0.2, 0.25) is 0 Å². The number of amides is 4. The predicted molar refractivity (Wildman–Crippen MR) is 131 cm³/mol. The van der Waals surface area contributed by atoms with E-state index in [4.69, 9.17) is 0 Å². The van der Waals surface area contributed by atoms with Gasteiger partial charge < -0.3 is 15.5 Å². The Morgan fingerprint density at radius 1 is 1.03 bits per heavy atom. The standard InChI is InChI=1S/C27H33F3N4O2/c1-27(2)17-32-26(36)34(24(27)20-6-9-22(29)23(30)16-20)25(35)31-12-3-13-33-14-10-19(11-15-33)18-4-7-21(28)8-5-18/h4-9,16,19,24H,3,10-15,17H2,1-2H3,(H,31,35)(H,32,36)/t24-/m1/s1. The van der Waals surface area contributed by atoms with Gasteiger partial charge in [0.25, 0.3) is 0 Å². The van der Waals surface area contributed by atoms with Gasteiger partial charge in [-0.2, -0.15) is 0 Å². The Bertz CT molecular complexity index is 1080. The quantitative estimate of drug-likeness (QED) is 0.536. The molecule has 2 heterocycles. The van der Waals surface area contributed by atoms with Crippen LogP contribution < -0.4 is 10.6 Å². The number of carbonyl (C=O) groups is 2. The molecule has 2 aromatic carbocycles. The molecule has 4 amide bonds. The van der Waals surface area contributed by atoms with E-state index >= 15 is 0 Å². The molecule has 9 heteroatoms. The van der Waals surface area contributed by atoms with Crippen molar-refractivity contribution >= 4 is 12.1 Å². The van der Waals surface area contributed by atoms with E-state index in [0.717, 1.165) is 49.5 Å². The number of piperidine rings is 1. The lowest BCUT2D eigenvalue weighted by Crippen LogP contribution is -2.60. The van der Waals surface area contributed by atoms with E-state index in [-0.39, 0.29) is 5.82 Å². The summed E-state index contributed by atoms with van der Waals surface area (Å²) < 4.78 is 40.6.